The molecule has 0 radical (unpaired) electrons. The minimum absolute atomic E-state index is 0.00416. The second-order valence-electron chi connectivity index (χ2n) is 6.02. The summed E-state index contributed by atoms with van der Waals surface area (Å²) in [6.45, 7) is 5.17. The molecule has 3 aromatic rings. The lowest BCUT2D eigenvalue weighted by atomic mass is 10.1. The summed E-state index contributed by atoms with van der Waals surface area (Å²) < 4.78 is 10.8. The van der Waals surface area contributed by atoms with Gasteiger partial charge in [-0.2, -0.15) is 0 Å². The highest BCUT2D eigenvalue weighted by Gasteiger charge is 2.21. The van der Waals surface area contributed by atoms with Crippen LogP contribution in [0.5, 0.6) is 0 Å². The summed E-state index contributed by atoms with van der Waals surface area (Å²) in [6, 6.07) is 11.7. The predicted molar refractivity (Wildman–Crippen MR) is 92.0 cm³/mol. The van der Waals surface area contributed by atoms with E-state index in [4.69, 9.17) is 9.15 Å². The average molecular weight is 325 g/mol. The maximum atomic E-state index is 12.3. The Morgan fingerprint density at radius 3 is 2.62 bits per heavy atom. The van der Waals surface area contributed by atoms with Gasteiger partial charge in [0.15, 0.2) is 6.61 Å². The van der Waals surface area contributed by atoms with Gasteiger partial charge in [0.25, 0.3) is 5.91 Å². The number of hydrogen-bond acceptors (Lipinski definition) is 4. The monoisotopic (exact) mass is 325 g/mol. The Balaban J connectivity index is 1.89. The third-order valence-corrected chi connectivity index (χ3v) is 3.80. The van der Waals surface area contributed by atoms with E-state index in [1.165, 1.54) is 0 Å². The maximum Gasteiger partial charge on any atom is 0.375 e. The van der Waals surface area contributed by atoms with Crippen LogP contribution in [0.25, 0.3) is 21.7 Å². The molecule has 3 rings (SSSR count). The molecule has 0 aliphatic carbocycles. The number of aryl methyl sites for hydroxylation is 1. The Bertz CT molecular complexity index is 924. The molecule has 0 unspecified atom stereocenters. The average Bonchev–Trinajstić information content (AvgIpc) is 2.89. The number of amides is 1. The molecule has 0 spiro atoms. The lowest BCUT2D eigenvalue weighted by molar-refractivity contribution is -0.124. The molecule has 1 amide bonds. The van der Waals surface area contributed by atoms with Gasteiger partial charge < -0.3 is 14.5 Å². The smallest absolute Gasteiger partial charge is 0.375 e. The molecule has 2 aromatic carbocycles. The fourth-order valence-corrected chi connectivity index (χ4v) is 2.70. The largest absolute Gasteiger partial charge is 0.450 e. The third-order valence-electron chi connectivity index (χ3n) is 3.80. The molecule has 124 valence electrons. The highest BCUT2D eigenvalue weighted by atomic mass is 16.5. The van der Waals surface area contributed by atoms with Crippen molar-refractivity contribution >= 4 is 33.6 Å². The SMILES string of the molecule is Cc1c(C(=O)OCC(=O)NC(C)C)oc2c1ccc1ccccc12. The number of rotatable bonds is 4. The molecule has 0 aliphatic heterocycles. The molecule has 0 saturated carbocycles. The number of ether oxygens (including phenoxy) is 1. The first kappa shape index (κ1) is 16.1. The van der Waals surface area contributed by atoms with Crippen molar-refractivity contribution in [2.75, 3.05) is 6.61 Å². The molecular weight excluding hydrogens is 306 g/mol. The highest BCUT2D eigenvalue weighted by molar-refractivity contribution is 6.08. The molecule has 1 heterocycles. The molecule has 1 N–H and O–H groups in total. The van der Waals surface area contributed by atoms with E-state index >= 15 is 0 Å². The lowest BCUT2D eigenvalue weighted by Gasteiger charge is -2.08. The number of carbonyl (C=O) groups excluding carboxylic acids is 2. The molecule has 0 saturated heterocycles. The summed E-state index contributed by atoms with van der Waals surface area (Å²) in [6.07, 6.45) is 0. The number of nitrogens with one attached hydrogen (secondary N) is 1. The molecule has 1 aromatic heterocycles. The fraction of sp³-hybridized carbons (Fsp3) is 0.263. The Labute approximate surface area is 139 Å². The molecule has 24 heavy (non-hydrogen) atoms. The van der Waals surface area contributed by atoms with Crippen LogP contribution in [0, 0.1) is 6.92 Å². The van der Waals surface area contributed by atoms with Crippen molar-refractivity contribution in [3.05, 3.63) is 47.7 Å². The van der Waals surface area contributed by atoms with E-state index in [2.05, 4.69) is 5.32 Å². The van der Waals surface area contributed by atoms with Crippen LogP contribution in [-0.4, -0.2) is 24.5 Å². The van der Waals surface area contributed by atoms with Gasteiger partial charge in [-0.15, -0.1) is 0 Å². The number of furan rings is 1. The van der Waals surface area contributed by atoms with Crippen LogP contribution in [0.15, 0.2) is 40.8 Å². The van der Waals surface area contributed by atoms with Crippen molar-refractivity contribution in [2.45, 2.75) is 26.8 Å². The van der Waals surface area contributed by atoms with Crippen molar-refractivity contribution in [3.63, 3.8) is 0 Å². The summed E-state index contributed by atoms with van der Waals surface area (Å²) >= 11 is 0. The molecule has 5 nitrogen and oxygen atoms in total. The van der Waals surface area contributed by atoms with E-state index in [0.29, 0.717) is 11.1 Å². The topological polar surface area (TPSA) is 68.5 Å². The standard InChI is InChI=1S/C19H19NO4/c1-11(2)20-16(21)10-23-19(22)17-12(3)14-9-8-13-6-4-5-7-15(13)18(14)24-17/h4-9,11H,10H2,1-3H3,(H,20,21). The summed E-state index contributed by atoms with van der Waals surface area (Å²) in [5, 5.41) is 5.51. The van der Waals surface area contributed by atoms with Crippen LogP contribution >= 0.6 is 0 Å². The van der Waals surface area contributed by atoms with E-state index < -0.39 is 5.97 Å². The molecule has 0 bridgehead atoms. The molecule has 0 atom stereocenters. The van der Waals surface area contributed by atoms with Crippen molar-refractivity contribution in [1.82, 2.24) is 5.32 Å². The quantitative estimate of drug-likeness (QED) is 0.745. The van der Waals surface area contributed by atoms with Gasteiger partial charge in [-0.25, -0.2) is 4.79 Å². The Kier molecular flexibility index (Phi) is 4.25. The first-order valence-electron chi connectivity index (χ1n) is 7.84. The number of esters is 1. The van der Waals surface area contributed by atoms with Crippen LogP contribution in [0.1, 0.15) is 30.0 Å². The third kappa shape index (κ3) is 2.97. The molecular formula is C19H19NO4. The second-order valence-corrected chi connectivity index (χ2v) is 6.02. The lowest BCUT2D eigenvalue weighted by Crippen LogP contribution is -2.34. The summed E-state index contributed by atoms with van der Waals surface area (Å²) in [5.41, 5.74) is 1.37. The van der Waals surface area contributed by atoms with Crippen LogP contribution in [0.4, 0.5) is 0 Å². The van der Waals surface area contributed by atoms with E-state index in [1.54, 1.807) is 0 Å². The summed E-state index contributed by atoms with van der Waals surface area (Å²) in [5.74, 6) is -0.831. The van der Waals surface area contributed by atoms with E-state index in [9.17, 15) is 9.59 Å². The van der Waals surface area contributed by atoms with E-state index in [-0.39, 0.29) is 24.3 Å². The zero-order valence-corrected chi connectivity index (χ0v) is 13.9. The minimum Gasteiger partial charge on any atom is -0.450 e. The number of fused-ring (bicyclic) bond motifs is 3. The minimum atomic E-state index is -0.633. The Morgan fingerprint density at radius 1 is 1.12 bits per heavy atom. The van der Waals surface area contributed by atoms with Crippen molar-refractivity contribution < 1.29 is 18.7 Å². The number of carbonyl (C=O) groups is 2. The Hall–Kier alpha value is -2.82. The predicted octanol–water partition coefficient (Wildman–Crippen LogP) is 3.58. The van der Waals surface area contributed by atoms with Gasteiger partial charge in [0.05, 0.1) is 0 Å². The highest BCUT2D eigenvalue weighted by Crippen LogP contribution is 2.31. The first-order valence-corrected chi connectivity index (χ1v) is 7.84. The van der Waals surface area contributed by atoms with Gasteiger partial charge in [0.1, 0.15) is 5.58 Å². The van der Waals surface area contributed by atoms with Crippen LogP contribution in [0.3, 0.4) is 0 Å². The van der Waals surface area contributed by atoms with Gasteiger partial charge in [-0.05, 0) is 26.2 Å². The number of benzene rings is 2. The van der Waals surface area contributed by atoms with Gasteiger partial charge in [-0.3, -0.25) is 4.79 Å². The zero-order chi connectivity index (χ0) is 17.3. The zero-order valence-electron chi connectivity index (χ0n) is 13.9. The van der Waals surface area contributed by atoms with Gasteiger partial charge in [0.2, 0.25) is 5.76 Å². The van der Waals surface area contributed by atoms with Crippen molar-refractivity contribution in [2.24, 2.45) is 0 Å². The van der Waals surface area contributed by atoms with Crippen LogP contribution in [0.2, 0.25) is 0 Å². The Morgan fingerprint density at radius 2 is 1.88 bits per heavy atom. The van der Waals surface area contributed by atoms with Gasteiger partial charge >= 0.3 is 5.97 Å². The van der Waals surface area contributed by atoms with E-state index in [1.807, 2.05) is 57.2 Å². The first-order chi connectivity index (χ1) is 11.5. The van der Waals surface area contributed by atoms with Crippen LogP contribution in [-0.2, 0) is 9.53 Å². The fourth-order valence-electron chi connectivity index (χ4n) is 2.70. The summed E-state index contributed by atoms with van der Waals surface area (Å²) in [4.78, 5) is 23.9. The normalized spacial score (nSPS) is 11.2. The van der Waals surface area contributed by atoms with Crippen LogP contribution < -0.4 is 5.32 Å². The number of hydrogen-bond donors (Lipinski definition) is 1. The van der Waals surface area contributed by atoms with E-state index in [0.717, 1.165) is 16.2 Å². The molecule has 0 fully saturated rings. The van der Waals surface area contributed by atoms with Crippen molar-refractivity contribution in [3.8, 4) is 0 Å². The molecule has 0 aliphatic rings. The second kappa shape index (κ2) is 6.35. The van der Waals surface area contributed by atoms with Gasteiger partial charge in [-0.1, -0.05) is 36.4 Å². The molecule has 5 heteroatoms. The van der Waals surface area contributed by atoms with Gasteiger partial charge in [0, 0.05) is 22.4 Å². The van der Waals surface area contributed by atoms with Crippen molar-refractivity contribution in [1.29, 1.82) is 0 Å². The maximum absolute atomic E-state index is 12.3. The summed E-state index contributed by atoms with van der Waals surface area (Å²) in [7, 11) is 0.